The molecular formula is C15H22N2. The van der Waals surface area contributed by atoms with Gasteiger partial charge in [0.1, 0.15) is 0 Å². The van der Waals surface area contributed by atoms with Gasteiger partial charge in [0.15, 0.2) is 0 Å². The van der Waals surface area contributed by atoms with Gasteiger partial charge in [0, 0.05) is 12.1 Å². The van der Waals surface area contributed by atoms with E-state index in [0.717, 1.165) is 24.7 Å². The molecule has 0 saturated heterocycles. The molecule has 17 heavy (non-hydrogen) atoms. The molecule has 92 valence electrons. The summed E-state index contributed by atoms with van der Waals surface area (Å²) in [5.74, 6) is 1.60. The SMILES string of the molecule is NC[C@@]1(N)CC[C@H]2Cc3ccccc3C[C@H]2C1. The van der Waals surface area contributed by atoms with E-state index in [1.807, 2.05) is 0 Å². The van der Waals surface area contributed by atoms with Gasteiger partial charge in [0.25, 0.3) is 0 Å². The standard InChI is InChI=1S/C15H22N2/c16-10-15(17)6-5-13-7-11-3-1-2-4-12(11)8-14(13)9-15/h1-4,13-14H,5-10,16-17H2/t13-,14-,15+/m0/s1. The fourth-order valence-electron chi connectivity index (χ4n) is 3.71. The molecule has 1 aromatic rings. The summed E-state index contributed by atoms with van der Waals surface area (Å²) in [5, 5.41) is 0. The maximum absolute atomic E-state index is 6.36. The van der Waals surface area contributed by atoms with Crippen LogP contribution in [0.15, 0.2) is 24.3 Å². The lowest BCUT2D eigenvalue weighted by Crippen LogP contribution is -2.53. The van der Waals surface area contributed by atoms with E-state index in [4.69, 9.17) is 11.5 Å². The number of fused-ring (bicyclic) bond motifs is 2. The molecule has 3 atom stereocenters. The van der Waals surface area contributed by atoms with Gasteiger partial charge in [-0.1, -0.05) is 24.3 Å². The summed E-state index contributed by atoms with van der Waals surface area (Å²) < 4.78 is 0. The first kappa shape index (κ1) is 11.2. The zero-order valence-electron chi connectivity index (χ0n) is 10.4. The monoisotopic (exact) mass is 230 g/mol. The molecule has 2 nitrogen and oxygen atoms in total. The van der Waals surface area contributed by atoms with Gasteiger partial charge in [-0.2, -0.15) is 0 Å². The maximum atomic E-state index is 6.36. The van der Waals surface area contributed by atoms with Crippen LogP contribution in [0.1, 0.15) is 30.4 Å². The zero-order chi connectivity index (χ0) is 11.9. The number of hydrogen-bond acceptors (Lipinski definition) is 2. The average molecular weight is 230 g/mol. The molecule has 1 aromatic carbocycles. The van der Waals surface area contributed by atoms with Gasteiger partial charge < -0.3 is 11.5 Å². The third kappa shape index (κ3) is 2.00. The van der Waals surface area contributed by atoms with Gasteiger partial charge >= 0.3 is 0 Å². The van der Waals surface area contributed by atoms with E-state index < -0.39 is 0 Å². The van der Waals surface area contributed by atoms with Crippen molar-refractivity contribution in [3.8, 4) is 0 Å². The predicted molar refractivity (Wildman–Crippen MR) is 70.7 cm³/mol. The lowest BCUT2D eigenvalue weighted by Gasteiger charge is -2.44. The zero-order valence-corrected chi connectivity index (χ0v) is 10.4. The van der Waals surface area contributed by atoms with Gasteiger partial charge in [-0.25, -0.2) is 0 Å². The summed E-state index contributed by atoms with van der Waals surface area (Å²) in [7, 11) is 0. The molecule has 0 unspecified atom stereocenters. The van der Waals surface area contributed by atoms with Crippen molar-refractivity contribution in [3.63, 3.8) is 0 Å². The van der Waals surface area contributed by atoms with E-state index in [1.165, 1.54) is 24.8 Å². The largest absolute Gasteiger partial charge is 0.329 e. The normalized spacial score (nSPS) is 36.1. The fourth-order valence-corrected chi connectivity index (χ4v) is 3.71. The van der Waals surface area contributed by atoms with Crippen LogP contribution < -0.4 is 11.5 Å². The summed E-state index contributed by atoms with van der Waals surface area (Å²) in [6.07, 6.45) is 5.93. The Morgan fingerprint density at radius 2 is 1.76 bits per heavy atom. The lowest BCUT2D eigenvalue weighted by molar-refractivity contribution is 0.146. The minimum absolute atomic E-state index is 0.0898. The van der Waals surface area contributed by atoms with Crippen molar-refractivity contribution in [1.29, 1.82) is 0 Å². The Hall–Kier alpha value is -0.860. The first-order chi connectivity index (χ1) is 8.20. The Morgan fingerprint density at radius 1 is 1.12 bits per heavy atom. The molecule has 1 fully saturated rings. The van der Waals surface area contributed by atoms with E-state index in [9.17, 15) is 0 Å². The van der Waals surface area contributed by atoms with Crippen LogP contribution >= 0.6 is 0 Å². The van der Waals surface area contributed by atoms with Gasteiger partial charge in [-0.3, -0.25) is 0 Å². The Kier molecular flexibility index (Phi) is 2.72. The van der Waals surface area contributed by atoms with Crippen LogP contribution in [-0.2, 0) is 12.8 Å². The highest BCUT2D eigenvalue weighted by molar-refractivity contribution is 5.31. The second-order valence-corrected chi connectivity index (χ2v) is 6.01. The molecule has 0 amide bonds. The lowest BCUT2D eigenvalue weighted by atomic mass is 9.64. The van der Waals surface area contributed by atoms with Crippen LogP contribution in [-0.4, -0.2) is 12.1 Å². The number of hydrogen-bond donors (Lipinski definition) is 2. The van der Waals surface area contributed by atoms with E-state index in [-0.39, 0.29) is 5.54 Å². The molecule has 2 heteroatoms. The maximum Gasteiger partial charge on any atom is 0.0281 e. The second-order valence-electron chi connectivity index (χ2n) is 6.01. The first-order valence-electron chi connectivity index (χ1n) is 6.76. The highest BCUT2D eigenvalue weighted by atomic mass is 14.8. The van der Waals surface area contributed by atoms with Crippen molar-refractivity contribution < 1.29 is 0 Å². The molecule has 0 aromatic heterocycles. The van der Waals surface area contributed by atoms with E-state index in [2.05, 4.69) is 24.3 Å². The Labute approximate surface area is 103 Å². The third-order valence-electron chi connectivity index (χ3n) is 4.84. The van der Waals surface area contributed by atoms with E-state index in [1.54, 1.807) is 5.56 Å². The number of nitrogens with two attached hydrogens (primary N) is 2. The molecule has 0 aliphatic heterocycles. The summed E-state index contributed by atoms with van der Waals surface area (Å²) in [6, 6.07) is 8.88. The predicted octanol–water partition coefficient (Wildman–Crippen LogP) is 1.86. The van der Waals surface area contributed by atoms with Gasteiger partial charge in [0.2, 0.25) is 0 Å². The molecule has 2 aliphatic rings. The van der Waals surface area contributed by atoms with Crippen LogP contribution in [0, 0.1) is 11.8 Å². The quantitative estimate of drug-likeness (QED) is 0.773. The van der Waals surface area contributed by atoms with Crippen LogP contribution in [0.3, 0.4) is 0 Å². The van der Waals surface area contributed by atoms with Crippen molar-refractivity contribution in [3.05, 3.63) is 35.4 Å². The summed E-state index contributed by atoms with van der Waals surface area (Å²) in [4.78, 5) is 0. The van der Waals surface area contributed by atoms with Gasteiger partial charge in [-0.15, -0.1) is 0 Å². The number of rotatable bonds is 1. The molecule has 3 rings (SSSR count). The first-order valence-corrected chi connectivity index (χ1v) is 6.76. The van der Waals surface area contributed by atoms with E-state index in [0.29, 0.717) is 6.54 Å². The van der Waals surface area contributed by atoms with Crippen molar-refractivity contribution in [1.82, 2.24) is 0 Å². The Morgan fingerprint density at radius 3 is 2.41 bits per heavy atom. The van der Waals surface area contributed by atoms with Crippen molar-refractivity contribution in [2.24, 2.45) is 23.3 Å². The molecule has 0 radical (unpaired) electrons. The molecule has 4 N–H and O–H groups in total. The Balaban J connectivity index is 1.83. The second kappa shape index (κ2) is 4.11. The molecule has 2 aliphatic carbocycles. The van der Waals surface area contributed by atoms with Crippen LogP contribution in [0.2, 0.25) is 0 Å². The highest BCUT2D eigenvalue weighted by Gasteiger charge is 2.39. The van der Waals surface area contributed by atoms with Crippen molar-refractivity contribution in [2.45, 2.75) is 37.6 Å². The third-order valence-corrected chi connectivity index (χ3v) is 4.84. The van der Waals surface area contributed by atoms with Crippen LogP contribution in [0.25, 0.3) is 0 Å². The van der Waals surface area contributed by atoms with Crippen molar-refractivity contribution in [2.75, 3.05) is 6.54 Å². The molecule has 0 spiro atoms. The molecular weight excluding hydrogens is 208 g/mol. The van der Waals surface area contributed by atoms with E-state index >= 15 is 0 Å². The average Bonchev–Trinajstić information content (AvgIpc) is 2.36. The minimum Gasteiger partial charge on any atom is -0.329 e. The highest BCUT2D eigenvalue weighted by Crippen LogP contribution is 2.42. The van der Waals surface area contributed by atoms with Gasteiger partial charge in [-0.05, 0) is 55.1 Å². The topological polar surface area (TPSA) is 52.0 Å². The van der Waals surface area contributed by atoms with Gasteiger partial charge in [0.05, 0.1) is 0 Å². The number of benzene rings is 1. The molecule has 0 bridgehead atoms. The van der Waals surface area contributed by atoms with Crippen molar-refractivity contribution >= 4 is 0 Å². The van der Waals surface area contributed by atoms with Crippen LogP contribution in [0.5, 0.6) is 0 Å². The Bertz CT molecular complexity index is 415. The fraction of sp³-hybridized carbons (Fsp3) is 0.600. The minimum atomic E-state index is -0.0898. The molecule has 0 heterocycles. The summed E-state index contributed by atoms with van der Waals surface area (Å²) in [5.41, 5.74) is 15.2. The summed E-state index contributed by atoms with van der Waals surface area (Å²) in [6.45, 7) is 0.637. The smallest absolute Gasteiger partial charge is 0.0281 e. The summed E-state index contributed by atoms with van der Waals surface area (Å²) >= 11 is 0. The molecule has 1 saturated carbocycles. The van der Waals surface area contributed by atoms with Crippen LogP contribution in [0.4, 0.5) is 0 Å².